The van der Waals surface area contributed by atoms with E-state index < -0.39 is 41.5 Å². The fourth-order valence-electron chi connectivity index (χ4n) is 2.51. The Kier molecular flexibility index (Phi) is 5.82. The third-order valence-corrected chi connectivity index (χ3v) is 3.98. The average Bonchev–Trinajstić information content (AvgIpc) is 3.22. The Labute approximate surface area is 162 Å². The van der Waals surface area contributed by atoms with Gasteiger partial charge in [-0.2, -0.15) is 5.10 Å². The minimum atomic E-state index is -1.70. The van der Waals surface area contributed by atoms with Gasteiger partial charge in [0.15, 0.2) is 17.5 Å². The normalized spacial score (nSPS) is 10.5. The van der Waals surface area contributed by atoms with E-state index in [0.29, 0.717) is 23.1 Å². The van der Waals surface area contributed by atoms with Gasteiger partial charge in [0, 0.05) is 5.56 Å². The molecule has 3 rings (SSSR count). The van der Waals surface area contributed by atoms with Crippen LogP contribution >= 0.6 is 0 Å². The van der Waals surface area contributed by atoms with Crippen LogP contribution < -0.4 is 15.4 Å². The molecule has 1 aromatic heterocycles. The highest BCUT2D eigenvalue weighted by atomic mass is 19.2. The molecule has 0 fully saturated rings. The first kappa shape index (κ1) is 19.9. The Balaban J connectivity index is 1.65. The fraction of sp³-hybridized carbons (Fsp3) is 0.105. The Bertz CT molecular complexity index is 1050. The van der Waals surface area contributed by atoms with Crippen molar-refractivity contribution in [3.8, 4) is 17.0 Å². The summed E-state index contributed by atoms with van der Waals surface area (Å²) in [5.74, 6) is -5.39. The molecular weight excluding hydrogens is 389 g/mol. The maximum absolute atomic E-state index is 13.6. The first-order valence-electron chi connectivity index (χ1n) is 8.30. The number of benzene rings is 2. The summed E-state index contributed by atoms with van der Waals surface area (Å²) in [5, 5.41) is 11.0. The van der Waals surface area contributed by atoms with Crippen LogP contribution in [0.3, 0.4) is 0 Å². The van der Waals surface area contributed by atoms with Gasteiger partial charge in [-0.1, -0.05) is 0 Å². The van der Waals surface area contributed by atoms with E-state index >= 15 is 0 Å². The molecule has 0 aliphatic rings. The smallest absolute Gasteiger partial charge is 0.255 e. The molecule has 150 valence electrons. The molecule has 7 nitrogen and oxygen atoms in total. The number of carbonyl (C=O) groups excluding carboxylic acids is 2. The number of aromatic nitrogens is 2. The topological polar surface area (TPSA) is 96.1 Å². The summed E-state index contributed by atoms with van der Waals surface area (Å²) >= 11 is 0. The zero-order chi connectivity index (χ0) is 21.0. The highest BCUT2D eigenvalue weighted by Gasteiger charge is 2.18. The van der Waals surface area contributed by atoms with Gasteiger partial charge in [0.05, 0.1) is 36.8 Å². The molecule has 29 heavy (non-hydrogen) atoms. The van der Waals surface area contributed by atoms with E-state index in [1.807, 2.05) is 0 Å². The number of rotatable bonds is 6. The number of hydrogen-bond donors (Lipinski definition) is 3. The highest BCUT2D eigenvalue weighted by Crippen LogP contribution is 2.23. The second kappa shape index (κ2) is 8.46. The van der Waals surface area contributed by atoms with E-state index in [0.717, 1.165) is 6.07 Å². The van der Waals surface area contributed by atoms with E-state index in [2.05, 4.69) is 20.8 Å². The lowest BCUT2D eigenvalue weighted by Gasteiger charge is -2.09. The molecule has 2 amide bonds. The molecular formula is C19H15F3N4O3. The predicted molar refractivity (Wildman–Crippen MR) is 97.9 cm³/mol. The van der Waals surface area contributed by atoms with E-state index in [-0.39, 0.29) is 5.56 Å². The number of H-pyrrole nitrogens is 1. The van der Waals surface area contributed by atoms with Crippen LogP contribution in [0.5, 0.6) is 5.75 Å². The minimum absolute atomic E-state index is 0.182. The van der Waals surface area contributed by atoms with Crippen LogP contribution in [-0.2, 0) is 4.79 Å². The van der Waals surface area contributed by atoms with Crippen molar-refractivity contribution in [2.24, 2.45) is 0 Å². The molecule has 3 N–H and O–H groups in total. The van der Waals surface area contributed by atoms with Crippen LogP contribution in [0.1, 0.15) is 10.4 Å². The summed E-state index contributed by atoms with van der Waals surface area (Å²) in [5.41, 5.74) is 0.742. The maximum Gasteiger partial charge on any atom is 0.255 e. The number of halogens is 3. The summed E-state index contributed by atoms with van der Waals surface area (Å²) in [4.78, 5) is 24.3. The Hall–Kier alpha value is -3.82. The number of nitrogens with zero attached hydrogens (tertiary/aromatic N) is 1. The average molecular weight is 404 g/mol. The third-order valence-electron chi connectivity index (χ3n) is 3.98. The predicted octanol–water partition coefficient (Wildman–Crippen LogP) is 2.87. The fourth-order valence-corrected chi connectivity index (χ4v) is 2.51. The molecule has 10 heteroatoms. The van der Waals surface area contributed by atoms with Crippen molar-refractivity contribution in [3.63, 3.8) is 0 Å². The summed E-state index contributed by atoms with van der Waals surface area (Å²) in [6, 6.07) is 8.43. The van der Waals surface area contributed by atoms with Gasteiger partial charge in [-0.3, -0.25) is 14.7 Å². The van der Waals surface area contributed by atoms with Crippen LogP contribution in [0, 0.1) is 17.5 Å². The van der Waals surface area contributed by atoms with Gasteiger partial charge in [0.2, 0.25) is 5.91 Å². The van der Waals surface area contributed by atoms with Gasteiger partial charge in [0.25, 0.3) is 5.91 Å². The zero-order valence-electron chi connectivity index (χ0n) is 15.1. The largest absolute Gasteiger partial charge is 0.497 e. The molecule has 0 aliphatic carbocycles. The number of nitrogens with one attached hydrogen (secondary N) is 3. The number of hydrogen-bond acceptors (Lipinski definition) is 4. The van der Waals surface area contributed by atoms with E-state index in [1.54, 1.807) is 24.3 Å². The van der Waals surface area contributed by atoms with Crippen LogP contribution in [0.25, 0.3) is 11.3 Å². The second-order valence-electron chi connectivity index (χ2n) is 5.84. The van der Waals surface area contributed by atoms with E-state index in [1.165, 1.54) is 13.3 Å². The number of ether oxygens (including phenoxy) is 1. The number of methoxy groups -OCH3 is 1. The highest BCUT2D eigenvalue weighted by molar-refractivity contribution is 6.02. The second-order valence-corrected chi connectivity index (χ2v) is 5.84. The quantitative estimate of drug-likeness (QED) is 0.551. The van der Waals surface area contributed by atoms with Crippen LogP contribution in [0.2, 0.25) is 0 Å². The van der Waals surface area contributed by atoms with Gasteiger partial charge in [-0.05, 0) is 36.4 Å². The monoisotopic (exact) mass is 404 g/mol. The van der Waals surface area contributed by atoms with Gasteiger partial charge >= 0.3 is 0 Å². The van der Waals surface area contributed by atoms with Gasteiger partial charge < -0.3 is 15.4 Å². The number of aromatic amines is 1. The van der Waals surface area contributed by atoms with E-state index in [4.69, 9.17) is 4.74 Å². The lowest BCUT2D eigenvalue weighted by Crippen LogP contribution is -2.33. The molecule has 1 heterocycles. The zero-order valence-corrected chi connectivity index (χ0v) is 15.1. The molecule has 0 saturated carbocycles. The first-order valence-corrected chi connectivity index (χ1v) is 8.30. The van der Waals surface area contributed by atoms with E-state index in [9.17, 15) is 22.8 Å². The van der Waals surface area contributed by atoms with Crippen LogP contribution in [-0.4, -0.2) is 35.7 Å². The van der Waals surface area contributed by atoms with Crippen LogP contribution in [0.15, 0.2) is 42.6 Å². The molecule has 0 aliphatic heterocycles. The van der Waals surface area contributed by atoms with Crippen molar-refractivity contribution in [2.45, 2.75) is 0 Å². The summed E-state index contributed by atoms with van der Waals surface area (Å²) in [6.07, 6.45) is 1.29. The van der Waals surface area contributed by atoms with Gasteiger partial charge in [-0.25, -0.2) is 13.2 Å². The van der Waals surface area contributed by atoms with Crippen molar-refractivity contribution in [3.05, 3.63) is 65.6 Å². The maximum atomic E-state index is 13.6. The van der Waals surface area contributed by atoms with Crippen LogP contribution in [0.4, 0.5) is 18.9 Å². The lowest BCUT2D eigenvalue weighted by atomic mass is 10.1. The first-order chi connectivity index (χ1) is 13.9. The van der Waals surface area contributed by atoms with Crippen molar-refractivity contribution in [2.75, 3.05) is 19.0 Å². The number of carbonyl (C=O) groups is 2. The molecule has 0 bridgehead atoms. The lowest BCUT2D eigenvalue weighted by molar-refractivity contribution is -0.115. The van der Waals surface area contributed by atoms with Gasteiger partial charge in [-0.15, -0.1) is 0 Å². The molecule has 0 unspecified atom stereocenters. The van der Waals surface area contributed by atoms with Crippen molar-refractivity contribution in [1.82, 2.24) is 15.5 Å². The van der Waals surface area contributed by atoms with Crippen molar-refractivity contribution < 1.29 is 27.5 Å². The standard InChI is InChI=1S/C19H15F3N4O3/c1-29-11-4-2-10(3-5-11)18-12(8-24-26-18)19(28)23-9-15(27)25-14-7-6-13(20)16(21)17(14)22/h2-8H,9H2,1H3,(H,23,28)(H,24,26)(H,25,27). The van der Waals surface area contributed by atoms with Crippen molar-refractivity contribution in [1.29, 1.82) is 0 Å². The SMILES string of the molecule is COc1ccc(-c2[nH]ncc2C(=O)NCC(=O)Nc2ccc(F)c(F)c2F)cc1. The Morgan fingerprint density at radius 1 is 1.07 bits per heavy atom. The summed E-state index contributed by atoms with van der Waals surface area (Å²) in [6.45, 7) is -0.523. The molecule has 0 atom stereocenters. The third kappa shape index (κ3) is 4.37. The molecule has 3 aromatic rings. The van der Waals surface area contributed by atoms with Gasteiger partial charge in [0.1, 0.15) is 5.75 Å². The Morgan fingerprint density at radius 3 is 2.48 bits per heavy atom. The molecule has 0 spiro atoms. The molecule has 2 aromatic carbocycles. The minimum Gasteiger partial charge on any atom is -0.497 e. The molecule has 0 saturated heterocycles. The number of anilines is 1. The molecule has 0 radical (unpaired) electrons. The van der Waals surface area contributed by atoms with Crippen molar-refractivity contribution >= 4 is 17.5 Å². The summed E-state index contributed by atoms with van der Waals surface area (Å²) in [7, 11) is 1.53. The Morgan fingerprint density at radius 2 is 1.79 bits per heavy atom. The number of amides is 2. The summed E-state index contributed by atoms with van der Waals surface area (Å²) < 4.78 is 44.8.